The minimum absolute atomic E-state index is 1.07. The summed E-state index contributed by atoms with van der Waals surface area (Å²) in [4.78, 5) is 0. The summed E-state index contributed by atoms with van der Waals surface area (Å²) in [6.07, 6.45) is 0. The normalized spacial score (nSPS) is 9.38. The zero-order chi connectivity index (χ0) is 11.4. The van der Waals surface area contributed by atoms with Crippen LogP contribution in [0.4, 0.5) is 0 Å². The lowest BCUT2D eigenvalue weighted by atomic mass is 10.00. The molecule has 0 bridgehead atoms. The Labute approximate surface area is 96.9 Å². The van der Waals surface area contributed by atoms with Crippen LogP contribution in [-0.2, 0) is 0 Å². The monoisotopic (exact) mass is 206 g/mol. The van der Waals surface area contributed by atoms with Crippen LogP contribution in [-0.4, -0.2) is 0 Å². The van der Waals surface area contributed by atoms with Crippen molar-refractivity contribution in [2.75, 3.05) is 0 Å². The van der Waals surface area contributed by atoms with E-state index in [9.17, 15) is 0 Å². The number of rotatable bonds is 1. The first-order valence-electron chi connectivity index (χ1n) is 5.40. The molecule has 0 aliphatic carbocycles. The van der Waals surface area contributed by atoms with Crippen molar-refractivity contribution in [2.24, 2.45) is 0 Å². The maximum atomic E-state index is 3.05. The quantitative estimate of drug-likeness (QED) is 0.618. The van der Waals surface area contributed by atoms with Crippen molar-refractivity contribution in [3.8, 4) is 23.0 Å². The SMILES string of the molecule is CC#Cc1ccc(-c2ccccc2C)cc1. The molecular weight excluding hydrogens is 192 g/mol. The lowest BCUT2D eigenvalue weighted by Crippen LogP contribution is -1.82. The van der Waals surface area contributed by atoms with Crippen molar-refractivity contribution in [2.45, 2.75) is 13.8 Å². The van der Waals surface area contributed by atoms with E-state index in [1.807, 2.05) is 6.92 Å². The summed E-state index contributed by atoms with van der Waals surface area (Å²) in [5.41, 5.74) is 4.91. The number of hydrogen-bond acceptors (Lipinski definition) is 0. The maximum absolute atomic E-state index is 3.05. The van der Waals surface area contributed by atoms with E-state index in [1.165, 1.54) is 16.7 Å². The topological polar surface area (TPSA) is 0 Å². The third-order valence-corrected chi connectivity index (χ3v) is 2.61. The molecule has 2 aromatic carbocycles. The van der Waals surface area contributed by atoms with Crippen molar-refractivity contribution in [1.82, 2.24) is 0 Å². The Balaban J connectivity index is 2.41. The third-order valence-electron chi connectivity index (χ3n) is 2.61. The molecule has 0 nitrogen and oxygen atoms in total. The Morgan fingerprint density at radius 3 is 2.19 bits per heavy atom. The highest BCUT2D eigenvalue weighted by atomic mass is 14.0. The molecular formula is C16H14. The average molecular weight is 206 g/mol. The average Bonchev–Trinajstić information content (AvgIpc) is 2.31. The maximum Gasteiger partial charge on any atom is 0.0245 e. The van der Waals surface area contributed by atoms with Crippen LogP contribution in [0.5, 0.6) is 0 Å². The van der Waals surface area contributed by atoms with E-state index in [1.54, 1.807) is 0 Å². The van der Waals surface area contributed by atoms with E-state index in [-0.39, 0.29) is 0 Å². The largest absolute Gasteiger partial charge is 0.101 e. The molecule has 0 atom stereocenters. The van der Waals surface area contributed by atoms with Gasteiger partial charge in [0, 0.05) is 5.56 Å². The lowest BCUT2D eigenvalue weighted by molar-refractivity contribution is 1.46. The summed E-state index contributed by atoms with van der Waals surface area (Å²) in [6, 6.07) is 16.8. The summed E-state index contributed by atoms with van der Waals surface area (Å²) in [5, 5.41) is 0. The predicted octanol–water partition coefficient (Wildman–Crippen LogP) is 4.03. The van der Waals surface area contributed by atoms with Gasteiger partial charge >= 0.3 is 0 Å². The number of hydrogen-bond donors (Lipinski definition) is 0. The van der Waals surface area contributed by atoms with Crippen molar-refractivity contribution >= 4 is 0 Å². The van der Waals surface area contributed by atoms with Gasteiger partial charge in [-0.3, -0.25) is 0 Å². The molecule has 0 N–H and O–H groups in total. The molecule has 0 heterocycles. The molecule has 0 unspecified atom stereocenters. The molecule has 0 aliphatic heterocycles. The van der Waals surface area contributed by atoms with Crippen LogP contribution in [0.15, 0.2) is 48.5 Å². The molecule has 0 spiro atoms. The molecule has 0 saturated carbocycles. The minimum Gasteiger partial charge on any atom is -0.101 e. The Morgan fingerprint density at radius 2 is 1.56 bits per heavy atom. The molecule has 0 amide bonds. The smallest absolute Gasteiger partial charge is 0.0245 e. The van der Waals surface area contributed by atoms with E-state index in [2.05, 4.69) is 67.3 Å². The van der Waals surface area contributed by atoms with Crippen LogP contribution in [0, 0.1) is 18.8 Å². The Hall–Kier alpha value is -2.00. The molecule has 0 radical (unpaired) electrons. The van der Waals surface area contributed by atoms with Crippen molar-refractivity contribution in [3.63, 3.8) is 0 Å². The minimum atomic E-state index is 1.07. The highest BCUT2D eigenvalue weighted by Gasteiger charge is 1.99. The van der Waals surface area contributed by atoms with Crippen molar-refractivity contribution in [1.29, 1.82) is 0 Å². The second kappa shape index (κ2) is 4.68. The molecule has 0 aliphatic rings. The zero-order valence-electron chi connectivity index (χ0n) is 9.62. The van der Waals surface area contributed by atoms with Crippen LogP contribution in [0.2, 0.25) is 0 Å². The standard InChI is InChI=1S/C16H14/c1-3-6-14-9-11-15(12-10-14)16-8-5-4-7-13(16)2/h4-5,7-12H,1-2H3. The van der Waals surface area contributed by atoms with Crippen molar-refractivity contribution in [3.05, 3.63) is 59.7 Å². The van der Waals surface area contributed by atoms with E-state index in [0.717, 1.165) is 5.56 Å². The Bertz CT molecular complexity index is 536. The number of aryl methyl sites for hydroxylation is 1. The Kier molecular flexibility index (Phi) is 3.08. The van der Waals surface area contributed by atoms with Crippen LogP contribution in [0.3, 0.4) is 0 Å². The van der Waals surface area contributed by atoms with E-state index in [0.29, 0.717) is 0 Å². The van der Waals surface area contributed by atoms with Crippen LogP contribution in [0.25, 0.3) is 11.1 Å². The summed E-state index contributed by atoms with van der Waals surface area (Å²) in [5.74, 6) is 5.96. The molecule has 16 heavy (non-hydrogen) atoms. The zero-order valence-corrected chi connectivity index (χ0v) is 9.62. The highest BCUT2D eigenvalue weighted by molar-refractivity contribution is 5.67. The second-order valence-corrected chi connectivity index (χ2v) is 3.77. The van der Waals surface area contributed by atoms with Crippen LogP contribution in [0.1, 0.15) is 18.1 Å². The van der Waals surface area contributed by atoms with Crippen molar-refractivity contribution < 1.29 is 0 Å². The van der Waals surface area contributed by atoms with E-state index in [4.69, 9.17) is 0 Å². The number of benzene rings is 2. The van der Waals surface area contributed by atoms with E-state index >= 15 is 0 Å². The van der Waals surface area contributed by atoms with Gasteiger partial charge in [-0.15, -0.1) is 5.92 Å². The van der Waals surface area contributed by atoms with Gasteiger partial charge in [0.15, 0.2) is 0 Å². The molecule has 2 rings (SSSR count). The first-order valence-corrected chi connectivity index (χ1v) is 5.40. The van der Waals surface area contributed by atoms with Gasteiger partial charge in [0.2, 0.25) is 0 Å². The lowest BCUT2D eigenvalue weighted by Gasteiger charge is -2.05. The molecule has 0 aromatic heterocycles. The summed E-state index contributed by atoms with van der Waals surface area (Å²) in [7, 11) is 0. The van der Waals surface area contributed by atoms with Gasteiger partial charge in [0.25, 0.3) is 0 Å². The molecule has 0 saturated heterocycles. The molecule has 78 valence electrons. The van der Waals surface area contributed by atoms with Gasteiger partial charge in [-0.05, 0) is 42.7 Å². The summed E-state index contributed by atoms with van der Waals surface area (Å²) < 4.78 is 0. The fraction of sp³-hybridized carbons (Fsp3) is 0.125. The van der Waals surface area contributed by atoms with E-state index < -0.39 is 0 Å². The summed E-state index contributed by atoms with van der Waals surface area (Å²) in [6.45, 7) is 3.99. The summed E-state index contributed by atoms with van der Waals surface area (Å²) >= 11 is 0. The fourth-order valence-corrected chi connectivity index (χ4v) is 1.77. The second-order valence-electron chi connectivity index (χ2n) is 3.77. The van der Waals surface area contributed by atoms with Gasteiger partial charge in [-0.2, -0.15) is 0 Å². The molecule has 0 fully saturated rings. The third kappa shape index (κ3) is 2.15. The predicted molar refractivity (Wildman–Crippen MR) is 69.2 cm³/mol. The van der Waals surface area contributed by atoms with Crippen LogP contribution < -0.4 is 0 Å². The molecule has 0 heteroatoms. The first kappa shape index (κ1) is 10.5. The fourth-order valence-electron chi connectivity index (χ4n) is 1.77. The van der Waals surface area contributed by atoms with Crippen LogP contribution >= 0.6 is 0 Å². The van der Waals surface area contributed by atoms with Gasteiger partial charge in [0.1, 0.15) is 0 Å². The van der Waals surface area contributed by atoms with Gasteiger partial charge in [0.05, 0.1) is 0 Å². The Morgan fingerprint density at radius 1 is 0.875 bits per heavy atom. The highest BCUT2D eigenvalue weighted by Crippen LogP contribution is 2.22. The molecule has 2 aromatic rings. The van der Waals surface area contributed by atoms with Gasteiger partial charge < -0.3 is 0 Å². The first-order chi connectivity index (χ1) is 7.81. The van der Waals surface area contributed by atoms with Gasteiger partial charge in [-0.1, -0.05) is 42.3 Å². The van der Waals surface area contributed by atoms with Gasteiger partial charge in [-0.25, -0.2) is 0 Å².